The highest BCUT2D eigenvalue weighted by atomic mass is 19.2. The Labute approximate surface area is 84.1 Å². The standard InChI is InChI=1S/C10H7F2N3/c11-6-3-5-1-2-8(10(13)14)15-9(5)4-7(6)12/h1-4H,(H3,13,14). The van der Waals surface area contributed by atoms with Crippen LogP contribution in [-0.2, 0) is 0 Å². The number of fused-ring (bicyclic) bond motifs is 1. The number of halogens is 2. The van der Waals surface area contributed by atoms with Crippen molar-refractivity contribution in [1.29, 1.82) is 5.41 Å². The van der Waals surface area contributed by atoms with Crippen LogP contribution in [0.1, 0.15) is 5.69 Å². The predicted octanol–water partition coefficient (Wildman–Crippen LogP) is 1.80. The van der Waals surface area contributed by atoms with E-state index in [1.807, 2.05) is 0 Å². The fourth-order valence-corrected chi connectivity index (χ4v) is 1.27. The summed E-state index contributed by atoms with van der Waals surface area (Å²) < 4.78 is 25.7. The average molecular weight is 207 g/mol. The summed E-state index contributed by atoms with van der Waals surface area (Å²) in [6.45, 7) is 0. The highest BCUT2D eigenvalue weighted by Gasteiger charge is 2.06. The number of rotatable bonds is 1. The molecule has 2 rings (SSSR count). The molecule has 1 aromatic heterocycles. The molecule has 76 valence electrons. The maximum absolute atomic E-state index is 12.9. The van der Waals surface area contributed by atoms with Gasteiger partial charge in [-0.05, 0) is 12.1 Å². The van der Waals surface area contributed by atoms with E-state index in [9.17, 15) is 8.78 Å². The quantitative estimate of drug-likeness (QED) is 0.553. The molecule has 0 saturated heterocycles. The number of aromatic nitrogens is 1. The van der Waals surface area contributed by atoms with Crippen molar-refractivity contribution < 1.29 is 8.78 Å². The van der Waals surface area contributed by atoms with Gasteiger partial charge in [-0.15, -0.1) is 0 Å². The van der Waals surface area contributed by atoms with Crippen molar-refractivity contribution in [2.75, 3.05) is 0 Å². The van der Waals surface area contributed by atoms with Gasteiger partial charge in [0.25, 0.3) is 0 Å². The molecule has 0 fully saturated rings. The smallest absolute Gasteiger partial charge is 0.161 e. The Kier molecular flexibility index (Phi) is 2.07. The van der Waals surface area contributed by atoms with Crippen LogP contribution in [0.25, 0.3) is 10.9 Å². The molecule has 0 radical (unpaired) electrons. The number of nitrogen functional groups attached to an aromatic ring is 1. The molecule has 1 heterocycles. The van der Waals surface area contributed by atoms with E-state index in [-0.39, 0.29) is 17.0 Å². The highest BCUT2D eigenvalue weighted by molar-refractivity contribution is 5.95. The molecule has 0 aliphatic rings. The first-order chi connectivity index (χ1) is 7.08. The number of amidine groups is 1. The maximum atomic E-state index is 12.9. The third kappa shape index (κ3) is 1.63. The number of pyridine rings is 1. The summed E-state index contributed by atoms with van der Waals surface area (Å²) in [7, 11) is 0. The molecule has 3 N–H and O–H groups in total. The van der Waals surface area contributed by atoms with E-state index < -0.39 is 11.6 Å². The van der Waals surface area contributed by atoms with Crippen LogP contribution >= 0.6 is 0 Å². The normalized spacial score (nSPS) is 10.5. The van der Waals surface area contributed by atoms with E-state index in [0.29, 0.717) is 5.39 Å². The minimum Gasteiger partial charge on any atom is -0.382 e. The SMILES string of the molecule is N=C(N)c1ccc2cc(F)c(F)cc2n1. The van der Waals surface area contributed by atoms with Crippen LogP contribution in [0.3, 0.4) is 0 Å². The zero-order chi connectivity index (χ0) is 11.0. The van der Waals surface area contributed by atoms with Crippen LogP contribution in [0.2, 0.25) is 0 Å². The number of hydrogen-bond donors (Lipinski definition) is 2. The molecule has 15 heavy (non-hydrogen) atoms. The third-order valence-corrected chi connectivity index (χ3v) is 2.01. The molecule has 1 aromatic carbocycles. The van der Waals surface area contributed by atoms with Crippen molar-refractivity contribution >= 4 is 16.7 Å². The zero-order valence-corrected chi connectivity index (χ0v) is 7.59. The molecule has 0 spiro atoms. The van der Waals surface area contributed by atoms with E-state index in [4.69, 9.17) is 11.1 Å². The minimum atomic E-state index is -0.962. The van der Waals surface area contributed by atoms with E-state index in [2.05, 4.69) is 4.98 Å². The van der Waals surface area contributed by atoms with Gasteiger partial charge in [0.05, 0.1) is 5.52 Å². The number of nitrogens with one attached hydrogen (secondary N) is 1. The van der Waals surface area contributed by atoms with Crippen LogP contribution in [0.5, 0.6) is 0 Å². The van der Waals surface area contributed by atoms with Crippen LogP contribution < -0.4 is 5.73 Å². The maximum Gasteiger partial charge on any atom is 0.161 e. The van der Waals surface area contributed by atoms with Crippen molar-refractivity contribution in [3.8, 4) is 0 Å². The van der Waals surface area contributed by atoms with Gasteiger partial charge in [0.15, 0.2) is 11.6 Å². The first-order valence-corrected chi connectivity index (χ1v) is 4.18. The lowest BCUT2D eigenvalue weighted by atomic mass is 10.2. The Balaban J connectivity index is 2.72. The van der Waals surface area contributed by atoms with Gasteiger partial charge in [-0.2, -0.15) is 0 Å². The third-order valence-electron chi connectivity index (χ3n) is 2.01. The van der Waals surface area contributed by atoms with Crippen LogP contribution in [0.4, 0.5) is 8.78 Å². The average Bonchev–Trinajstić information content (AvgIpc) is 2.19. The van der Waals surface area contributed by atoms with Gasteiger partial charge < -0.3 is 5.73 Å². The van der Waals surface area contributed by atoms with Crippen molar-refractivity contribution in [1.82, 2.24) is 4.98 Å². The fourth-order valence-electron chi connectivity index (χ4n) is 1.27. The monoisotopic (exact) mass is 207 g/mol. The van der Waals surface area contributed by atoms with E-state index in [1.165, 1.54) is 6.07 Å². The van der Waals surface area contributed by atoms with Gasteiger partial charge in [-0.1, -0.05) is 6.07 Å². The molecule has 0 unspecified atom stereocenters. The molecule has 5 heteroatoms. The van der Waals surface area contributed by atoms with Crippen LogP contribution in [0.15, 0.2) is 24.3 Å². The van der Waals surface area contributed by atoms with Crippen molar-refractivity contribution in [3.05, 3.63) is 41.6 Å². The van der Waals surface area contributed by atoms with Gasteiger partial charge in [0.1, 0.15) is 11.5 Å². The van der Waals surface area contributed by atoms with Gasteiger partial charge >= 0.3 is 0 Å². The van der Waals surface area contributed by atoms with Gasteiger partial charge in [0.2, 0.25) is 0 Å². The first kappa shape index (κ1) is 9.51. The second-order valence-electron chi connectivity index (χ2n) is 3.07. The Morgan fingerprint density at radius 3 is 2.53 bits per heavy atom. The predicted molar refractivity (Wildman–Crippen MR) is 52.7 cm³/mol. The second-order valence-corrected chi connectivity index (χ2v) is 3.07. The number of nitrogens with two attached hydrogens (primary N) is 1. The van der Waals surface area contributed by atoms with E-state index >= 15 is 0 Å². The molecular weight excluding hydrogens is 200 g/mol. The molecule has 0 aliphatic carbocycles. The Hall–Kier alpha value is -2.04. The summed E-state index contributed by atoms with van der Waals surface area (Å²) >= 11 is 0. The highest BCUT2D eigenvalue weighted by Crippen LogP contribution is 2.16. The van der Waals surface area contributed by atoms with Crippen LogP contribution in [-0.4, -0.2) is 10.8 Å². The zero-order valence-electron chi connectivity index (χ0n) is 7.59. The number of benzene rings is 1. The lowest BCUT2D eigenvalue weighted by Gasteiger charge is -2.01. The summed E-state index contributed by atoms with van der Waals surface area (Å²) in [5.74, 6) is -2.09. The van der Waals surface area contributed by atoms with Crippen molar-refractivity contribution in [3.63, 3.8) is 0 Å². The molecule has 3 nitrogen and oxygen atoms in total. The summed E-state index contributed by atoms with van der Waals surface area (Å²) in [6, 6.07) is 5.07. The van der Waals surface area contributed by atoms with Gasteiger partial charge in [0, 0.05) is 11.5 Å². The number of nitrogens with zero attached hydrogens (tertiary/aromatic N) is 1. The molecule has 0 bridgehead atoms. The topological polar surface area (TPSA) is 62.8 Å². The molecule has 0 atom stereocenters. The molecule has 0 aliphatic heterocycles. The Morgan fingerprint density at radius 2 is 1.87 bits per heavy atom. The summed E-state index contributed by atoms with van der Waals surface area (Å²) in [6.07, 6.45) is 0. The van der Waals surface area contributed by atoms with E-state index in [1.54, 1.807) is 6.07 Å². The Bertz CT molecular complexity index is 552. The first-order valence-electron chi connectivity index (χ1n) is 4.18. The number of hydrogen-bond acceptors (Lipinski definition) is 2. The lowest BCUT2D eigenvalue weighted by molar-refractivity contribution is 0.510. The van der Waals surface area contributed by atoms with Gasteiger partial charge in [-0.3, -0.25) is 5.41 Å². The molecule has 0 amide bonds. The fraction of sp³-hybridized carbons (Fsp3) is 0. The van der Waals surface area contributed by atoms with Crippen molar-refractivity contribution in [2.24, 2.45) is 5.73 Å². The summed E-state index contributed by atoms with van der Waals surface area (Å²) in [5.41, 5.74) is 5.75. The van der Waals surface area contributed by atoms with Crippen LogP contribution in [0, 0.1) is 17.0 Å². The second kappa shape index (κ2) is 3.27. The lowest BCUT2D eigenvalue weighted by Crippen LogP contribution is -2.12. The van der Waals surface area contributed by atoms with Crippen molar-refractivity contribution in [2.45, 2.75) is 0 Å². The van der Waals surface area contributed by atoms with E-state index in [0.717, 1.165) is 12.1 Å². The minimum absolute atomic E-state index is 0.207. The van der Waals surface area contributed by atoms with Gasteiger partial charge in [-0.25, -0.2) is 13.8 Å². The molecule has 0 saturated carbocycles. The largest absolute Gasteiger partial charge is 0.382 e. The molecule has 2 aromatic rings. The summed E-state index contributed by atoms with van der Waals surface area (Å²) in [5, 5.41) is 7.63. The summed E-state index contributed by atoms with van der Waals surface area (Å²) in [4.78, 5) is 3.92. The molecular formula is C10H7F2N3. The Morgan fingerprint density at radius 1 is 1.20 bits per heavy atom.